The number of amides is 1. The van der Waals surface area contributed by atoms with Crippen molar-refractivity contribution in [3.8, 4) is 11.4 Å². The molecule has 11 heteroatoms. The topological polar surface area (TPSA) is 140 Å². The van der Waals surface area contributed by atoms with Crippen molar-refractivity contribution < 1.29 is 32.3 Å². The molecule has 0 atom stereocenters. The number of nitrogens with zero attached hydrogens (tertiary/aromatic N) is 2. The zero-order valence-electron chi connectivity index (χ0n) is 15.6. The summed E-state index contributed by atoms with van der Waals surface area (Å²) in [6.45, 7) is -0.0532. The van der Waals surface area contributed by atoms with E-state index in [9.17, 15) is 22.9 Å². The monoisotopic (exact) mass is 421 g/mol. The van der Waals surface area contributed by atoms with E-state index in [1.165, 1.54) is 18.9 Å². The maximum absolute atomic E-state index is 12.5. The fourth-order valence-electron chi connectivity index (χ4n) is 2.71. The third-order valence-electron chi connectivity index (χ3n) is 4.22. The van der Waals surface area contributed by atoms with Gasteiger partial charge in [0, 0.05) is 25.8 Å². The van der Waals surface area contributed by atoms with Crippen LogP contribution in [0.15, 0.2) is 47.5 Å². The molecule has 0 aliphatic heterocycles. The second-order valence-electron chi connectivity index (χ2n) is 6.06. The van der Waals surface area contributed by atoms with Crippen LogP contribution in [0.5, 0.6) is 5.75 Å². The largest absolute Gasteiger partial charge is 0.505 e. The lowest BCUT2D eigenvalue weighted by Crippen LogP contribution is -2.34. The van der Waals surface area contributed by atoms with E-state index in [0.717, 1.165) is 17.5 Å². The molecule has 1 amide bonds. The number of aromatic nitrogens is 2. The number of carbonyl (C=O) groups is 1. The SMILES string of the molecule is COC(CNC(=O)c1cc(S(=O)(=O)O)cc(-n2cc3ccccc3n2)c1O)OC. The van der Waals surface area contributed by atoms with Crippen molar-refractivity contribution in [1.29, 1.82) is 0 Å². The van der Waals surface area contributed by atoms with Gasteiger partial charge in [0.05, 0.1) is 22.5 Å². The van der Waals surface area contributed by atoms with E-state index in [4.69, 9.17) is 9.47 Å². The molecular formula is C18H19N3O7S. The van der Waals surface area contributed by atoms with E-state index in [1.807, 2.05) is 0 Å². The molecule has 0 spiro atoms. The van der Waals surface area contributed by atoms with Crippen LogP contribution in [0.2, 0.25) is 0 Å². The second kappa shape index (κ2) is 8.17. The lowest BCUT2D eigenvalue weighted by Gasteiger charge is -2.16. The fourth-order valence-corrected chi connectivity index (χ4v) is 3.24. The van der Waals surface area contributed by atoms with Crippen LogP contribution < -0.4 is 5.32 Å². The number of hydrogen-bond acceptors (Lipinski definition) is 7. The maximum Gasteiger partial charge on any atom is 0.294 e. The average Bonchev–Trinajstić information content (AvgIpc) is 3.11. The van der Waals surface area contributed by atoms with Crippen LogP contribution in [0.4, 0.5) is 0 Å². The van der Waals surface area contributed by atoms with Crippen LogP contribution in [0.1, 0.15) is 10.4 Å². The first-order chi connectivity index (χ1) is 13.7. The normalized spacial score (nSPS) is 11.9. The van der Waals surface area contributed by atoms with Crippen LogP contribution in [-0.4, -0.2) is 60.8 Å². The van der Waals surface area contributed by atoms with Gasteiger partial charge in [-0.2, -0.15) is 13.5 Å². The molecule has 10 nitrogen and oxygen atoms in total. The third-order valence-corrected chi connectivity index (χ3v) is 5.05. The zero-order valence-corrected chi connectivity index (χ0v) is 16.4. The van der Waals surface area contributed by atoms with Crippen molar-refractivity contribution >= 4 is 26.9 Å². The van der Waals surface area contributed by atoms with E-state index in [0.29, 0.717) is 5.52 Å². The highest BCUT2D eigenvalue weighted by Gasteiger charge is 2.23. The van der Waals surface area contributed by atoms with Crippen LogP contribution in [0.3, 0.4) is 0 Å². The number of hydrogen-bond donors (Lipinski definition) is 3. The predicted octanol–water partition coefficient (Wildman–Crippen LogP) is 1.33. The molecule has 3 N–H and O–H groups in total. The van der Waals surface area contributed by atoms with Crippen LogP contribution in [0, 0.1) is 0 Å². The number of fused-ring (bicyclic) bond motifs is 1. The number of phenols is 1. The Bertz CT molecular complexity index is 1120. The number of phenolic OH excluding ortho intramolecular Hbond substituents is 1. The number of methoxy groups -OCH3 is 2. The second-order valence-corrected chi connectivity index (χ2v) is 7.48. The van der Waals surface area contributed by atoms with Crippen LogP contribution >= 0.6 is 0 Å². The molecule has 0 fully saturated rings. The van der Waals surface area contributed by atoms with E-state index in [-0.39, 0.29) is 17.8 Å². The van der Waals surface area contributed by atoms with Gasteiger partial charge in [0.1, 0.15) is 5.69 Å². The molecule has 1 aromatic heterocycles. The molecule has 3 rings (SSSR count). The Kier molecular flexibility index (Phi) is 5.84. The van der Waals surface area contributed by atoms with E-state index < -0.39 is 33.0 Å². The molecule has 0 radical (unpaired) electrons. The summed E-state index contributed by atoms with van der Waals surface area (Å²) in [4.78, 5) is 12.0. The predicted molar refractivity (Wildman–Crippen MR) is 103 cm³/mol. The molecule has 29 heavy (non-hydrogen) atoms. The van der Waals surface area contributed by atoms with E-state index >= 15 is 0 Å². The first-order valence-corrected chi connectivity index (χ1v) is 9.81. The molecule has 0 unspecified atom stereocenters. The van der Waals surface area contributed by atoms with Gasteiger partial charge in [-0.25, -0.2) is 4.68 Å². The molecule has 3 aromatic rings. The van der Waals surface area contributed by atoms with Gasteiger partial charge in [0.25, 0.3) is 16.0 Å². The summed E-state index contributed by atoms with van der Waals surface area (Å²) in [5, 5.41) is 18.1. The number of carbonyl (C=O) groups excluding carboxylic acids is 1. The summed E-state index contributed by atoms with van der Waals surface area (Å²) in [7, 11) is -1.89. The molecule has 0 aliphatic rings. The summed E-state index contributed by atoms with van der Waals surface area (Å²) in [5.74, 6) is -1.29. The summed E-state index contributed by atoms with van der Waals surface area (Å²) in [6, 6.07) is 8.99. The van der Waals surface area contributed by atoms with Crippen molar-refractivity contribution in [2.24, 2.45) is 0 Å². The van der Waals surface area contributed by atoms with Gasteiger partial charge in [0.15, 0.2) is 12.0 Å². The fraction of sp³-hybridized carbons (Fsp3) is 0.222. The van der Waals surface area contributed by atoms with Crippen LogP contribution in [-0.2, 0) is 19.6 Å². The lowest BCUT2D eigenvalue weighted by atomic mass is 10.1. The Morgan fingerprint density at radius 1 is 1.24 bits per heavy atom. The van der Waals surface area contributed by atoms with Gasteiger partial charge in [-0.3, -0.25) is 9.35 Å². The summed E-state index contributed by atoms with van der Waals surface area (Å²) in [6.07, 6.45) is 0.827. The lowest BCUT2D eigenvalue weighted by molar-refractivity contribution is -0.0974. The van der Waals surface area contributed by atoms with Gasteiger partial charge in [-0.1, -0.05) is 18.2 Å². The number of benzene rings is 2. The van der Waals surface area contributed by atoms with Crippen molar-refractivity contribution in [2.75, 3.05) is 20.8 Å². The van der Waals surface area contributed by atoms with E-state index in [2.05, 4.69) is 10.4 Å². The first kappa shape index (κ1) is 20.7. The number of rotatable bonds is 7. The highest BCUT2D eigenvalue weighted by molar-refractivity contribution is 7.85. The minimum absolute atomic E-state index is 0.0532. The molecule has 0 aliphatic carbocycles. The molecule has 154 valence electrons. The summed E-state index contributed by atoms with van der Waals surface area (Å²) in [5.41, 5.74) is 0.148. The van der Waals surface area contributed by atoms with Crippen LogP contribution in [0.25, 0.3) is 16.6 Å². The van der Waals surface area contributed by atoms with Crippen molar-refractivity contribution in [1.82, 2.24) is 15.1 Å². The Hall–Kier alpha value is -2.99. The minimum Gasteiger partial charge on any atom is -0.505 e. The number of aromatic hydroxyl groups is 1. The molecular weight excluding hydrogens is 402 g/mol. The van der Waals surface area contributed by atoms with Gasteiger partial charge in [0.2, 0.25) is 0 Å². The number of ether oxygens (including phenoxy) is 2. The van der Waals surface area contributed by atoms with Gasteiger partial charge >= 0.3 is 0 Å². The van der Waals surface area contributed by atoms with Crippen molar-refractivity contribution in [3.63, 3.8) is 0 Å². The Labute approximate surface area is 166 Å². The first-order valence-electron chi connectivity index (χ1n) is 8.37. The highest BCUT2D eigenvalue weighted by Crippen LogP contribution is 2.30. The zero-order chi connectivity index (χ0) is 21.2. The highest BCUT2D eigenvalue weighted by atomic mass is 32.2. The molecule has 0 saturated heterocycles. The molecule has 0 bridgehead atoms. The minimum atomic E-state index is -4.66. The van der Waals surface area contributed by atoms with Crippen molar-refractivity contribution in [2.45, 2.75) is 11.2 Å². The Morgan fingerprint density at radius 3 is 2.55 bits per heavy atom. The third kappa shape index (κ3) is 4.38. The molecule has 2 aromatic carbocycles. The Morgan fingerprint density at radius 2 is 1.93 bits per heavy atom. The molecule has 1 heterocycles. The van der Waals surface area contributed by atoms with E-state index in [1.54, 1.807) is 30.5 Å². The quantitative estimate of drug-likeness (QED) is 0.383. The summed E-state index contributed by atoms with van der Waals surface area (Å²) >= 11 is 0. The summed E-state index contributed by atoms with van der Waals surface area (Å²) < 4.78 is 44.1. The van der Waals surface area contributed by atoms with Crippen molar-refractivity contribution in [3.05, 3.63) is 48.2 Å². The molecule has 0 saturated carbocycles. The standard InChI is InChI=1S/C18H19N3O7S/c1-27-16(28-2)9-19-18(23)13-7-12(29(24,25)26)8-15(17(13)22)21-10-11-5-3-4-6-14(11)20-21/h3-8,10,16,22H,9H2,1-2H3,(H,19,23)(H,24,25,26). The number of nitrogens with one attached hydrogen (secondary N) is 1. The van der Waals surface area contributed by atoms with Gasteiger partial charge in [-0.05, 0) is 18.2 Å². The van der Waals surface area contributed by atoms with Gasteiger partial charge in [-0.15, -0.1) is 0 Å². The average molecular weight is 421 g/mol. The maximum atomic E-state index is 12.5. The van der Waals surface area contributed by atoms with Gasteiger partial charge < -0.3 is 19.9 Å². The smallest absolute Gasteiger partial charge is 0.294 e. The Balaban J connectivity index is 2.09.